The van der Waals surface area contributed by atoms with E-state index in [2.05, 4.69) is 24.3 Å². The Labute approximate surface area is 98.0 Å². The number of nitrogens with zero attached hydrogens (tertiary/aromatic N) is 1. The zero-order chi connectivity index (χ0) is 12.3. The molecule has 1 rings (SSSR count). The third-order valence-corrected chi connectivity index (χ3v) is 4.13. The van der Waals surface area contributed by atoms with Crippen LogP contribution in [0.2, 0.25) is 0 Å². The third kappa shape index (κ3) is 2.74. The first-order valence-corrected chi connectivity index (χ1v) is 6.03. The van der Waals surface area contributed by atoms with Gasteiger partial charge in [-0.15, -0.1) is 0 Å². The summed E-state index contributed by atoms with van der Waals surface area (Å²) in [7, 11) is 4.21. The zero-order valence-corrected chi connectivity index (χ0v) is 10.8. The molecule has 2 N–H and O–H groups in total. The van der Waals surface area contributed by atoms with E-state index in [1.54, 1.807) is 6.92 Å². The van der Waals surface area contributed by atoms with Crippen molar-refractivity contribution in [3.63, 3.8) is 0 Å². The molecule has 0 aromatic rings. The summed E-state index contributed by atoms with van der Waals surface area (Å²) in [4.78, 5) is 13.1. The van der Waals surface area contributed by atoms with Gasteiger partial charge in [0.2, 0.25) is 0 Å². The van der Waals surface area contributed by atoms with Gasteiger partial charge in [-0.1, -0.05) is 6.92 Å². The van der Waals surface area contributed by atoms with Crippen LogP contribution in [0.15, 0.2) is 0 Å². The minimum atomic E-state index is -0.729. The van der Waals surface area contributed by atoms with Crippen molar-refractivity contribution in [1.29, 1.82) is 0 Å². The third-order valence-electron chi connectivity index (χ3n) is 4.13. The van der Waals surface area contributed by atoms with Gasteiger partial charge in [0, 0.05) is 18.1 Å². The Balaban J connectivity index is 2.41. The fourth-order valence-electron chi connectivity index (χ4n) is 2.11. The molecular weight excluding hydrogens is 204 g/mol. The van der Waals surface area contributed by atoms with E-state index in [1.165, 1.54) is 19.3 Å². The van der Waals surface area contributed by atoms with Crippen LogP contribution in [-0.2, 0) is 4.79 Å². The van der Waals surface area contributed by atoms with Crippen molar-refractivity contribution in [2.24, 2.45) is 5.92 Å². The number of hydrogen-bond donors (Lipinski definition) is 2. The van der Waals surface area contributed by atoms with E-state index in [0.717, 1.165) is 6.54 Å². The molecule has 2 atom stereocenters. The summed E-state index contributed by atoms with van der Waals surface area (Å²) in [6.45, 7) is 4.59. The zero-order valence-electron chi connectivity index (χ0n) is 10.8. The molecule has 0 spiro atoms. The van der Waals surface area contributed by atoms with E-state index >= 15 is 0 Å². The fraction of sp³-hybridized carbons (Fsp3) is 0.917. The van der Waals surface area contributed by atoms with Crippen LogP contribution >= 0.6 is 0 Å². The standard InChI is InChI=1S/C12H24N2O2/c1-9(11(15)16)10(2)13-8-12(14(3)4)6-5-7-12/h9-10,13H,5-8H2,1-4H3,(H,15,16). The Morgan fingerprint density at radius 2 is 2.00 bits per heavy atom. The number of carbonyl (C=O) groups is 1. The fourth-order valence-corrected chi connectivity index (χ4v) is 2.11. The molecule has 1 saturated carbocycles. The van der Waals surface area contributed by atoms with Gasteiger partial charge in [-0.05, 0) is 40.3 Å². The van der Waals surface area contributed by atoms with Crippen molar-refractivity contribution in [2.75, 3.05) is 20.6 Å². The van der Waals surface area contributed by atoms with Crippen LogP contribution in [0.5, 0.6) is 0 Å². The molecule has 1 aliphatic carbocycles. The van der Waals surface area contributed by atoms with Crippen molar-refractivity contribution in [3.8, 4) is 0 Å². The molecule has 4 nitrogen and oxygen atoms in total. The number of hydrogen-bond acceptors (Lipinski definition) is 3. The minimum absolute atomic E-state index is 0.0231. The van der Waals surface area contributed by atoms with Gasteiger partial charge < -0.3 is 15.3 Å². The van der Waals surface area contributed by atoms with Crippen LogP contribution in [0.1, 0.15) is 33.1 Å². The molecule has 94 valence electrons. The van der Waals surface area contributed by atoms with E-state index in [1.807, 2.05) is 6.92 Å². The lowest BCUT2D eigenvalue weighted by Crippen LogP contribution is -2.58. The van der Waals surface area contributed by atoms with Gasteiger partial charge in [0.15, 0.2) is 0 Å². The Morgan fingerprint density at radius 3 is 2.31 bits per heavy atom. The highest BCUT2D eigenvalue weighted by molar-refractivity contribution is 5.70. The van der Waals surface area contributed by atoms with Crippen molar-refractivity contribution in [2.45, 2.75) is 44.7 Å². The quantitative estimate of drug-likeness (QED) is 0.716. The normalized spacial score (nSPS) is 22.6. The molecule has 0 saturated heterocycles. The maximum atomic E-state index is 10.8. The topological polar surface area (TPSA) is 52.6 Å². The Morgan fingerprint density at radius 1 is 1.44 bits per heavy atom. The summed E-state index contributed by atoms with van der Waals surface area (Å²) in [6.07, 6.45) is 3.70. The lowest BCUT2D eigenvalue weighted by molar-refractivity contribution is -0.142. The SMILES string of the molecule is CC(NCC1(N(C)C)CCC1)C(C)C(=O)O. The number of rotatable bonds is 6. The van der Waals surface area contributed by atoms with Crippen molar-refractivity contribution in [1.82, 2.24) is 10.2 Å². The molecule has 0 aromatic heterocycles. The molecule has 1 fully saturated rings. The average molecular weight is 228 g/mol. The van der Waals surface area contributed by atoms with E-state index in [-0.39, 0.29) is 17.5 Å². The molecule has 2 unspecified atom stereocenters. The highest BCUT2D eigenvalue weighted by Gasteiger charge is 2.39. The number of carboxylic acids is 1. The number of likely N-dealkylation sites (N-methyl/N-ethyl adjacent to an activating group) is 1. The first-order valence-electron chi connectivity index (χ1n) is 6.03. The smallest absolute Gasteiger partial charge is 0.307 e. The van der Waals surface area contributed by atoms with Gasteiger partial charge in [-0.2, -0.15) is 0 Å². The Bertz CT molecular complexity index is 249. The summed E-state index contributed by atoms with van der Waals surface area (Å²) < 4.78 is 0. The van der Waals surface area contributed by atoms with Gasteiger partial charge in [-0.3, -0.25) is 4.79 Å². The number of carboxylic acid groups (broad SMARTS) is 1. The maximum absolute atomic E-state index is 10.8. The van der Waals surface area contributed by atoms with Gasteiger partial charge in [0.1, 0.15) is 0 Å². The number of nitrogens with one attached hydrogen (secondary N) is 1. The number of aliphatic carboxylic acids is 1. The summed E-state index contributed by atoms with van der Waals surface area (Å²) >= 11 is 0. The van der Waals surface area contributed by atoms with Gasteiger partial charge >= 0.3 is 5.97 Å². The van der Waals surface area contributed by atoms with Crippen LogP contribution in [0.4, 0.5) is 0 Å². The molecule has 16 heavy (non-hydrogen) atoms. The lowest BCUT2D eigenvalue weighted by atomic mass is 9.75. The molecule has 0 heterocycles. The van der Waals surface area contributed by atoms with Gasteiger partial charge in [0.05, 0.1) is 5.92 Å². The summed E-state index contributed by atoms with van der Waals surface area (Å²) in [5, 5.41) is 12.3. The van der Waals surface area contributed by atoms with Crippen molar-refractivity contribution >= 4 is 5.97 Å². The largest absolute Gasteiger partial charge is 0.481 e. The molecule has 1 aliphatic rings. The van der Waals surface area contributed by atoms with Crippen LogP contribution in [0.25, 0.3) is 0 Å². The molecule has 0 amide bonds. The molecule has 0 aliphatic heterocycles. The van der Waals surface area contributed by atoms with E-state index in [4.69, 9.17) is 5.11 Å². The molecule has 4 heteroatoms. The van der Waals surface area contributed by atoms with Gasteiger partial charge in [0.25, 0.3) is 0 Å². The van der Waals surface area contributed by atoms with Crippen molar-refractivity contribution in [3.05, 3.63) is 0 Å². The summed E-state index contributed by atoms with van der Waals surface area (Å²) in [5.41, 5.74) is 0.256. The lowest BCUT2D eigenvalue weighted by Gasteiger charge is -2.48. The maximum Gasteiger partial charge on any atom is 0.307 e. The minimum Gasteiger partial charge on any atom is -0.481 e. The summed E-state index contributed by atoms with van der Waals surface area (Å²) in [5.74, 6) is -1.06. The molecule has 0 radical (unpaired) electrons. The predicted octanol–water partition coefficient (Wildman–Crippen LogP) is 1.17. The average Bonchev–Trinajstić information content (AvgIpc) is 2.13. The van der Waals surface area contributed by atoms with Crippen LogP contribution < -0.4 is 5.32 Å². The highest BCUT2D eigenvalue weighted by atomic mass is 16.4. The van der Waals surface area contributed by atoms with E-state index < -0.39 is 5.97 Å². The summed E-state index contributed by atoms with van der Waals surface area (Å²) in [6, 6.07) is 0.0231. The van der Waals surface area contributed by atoms with Crippen molar-refractivity contribution < 1.29 is 9.90 Å². The molecular formula is C12H24N2O2. The van der Waals surface area contributed by atoms with Crippen LogP contribution in [-0.4, -0.2) is 48.2 Å². The predicted molar refractivity (Wildman–Crippen MR) is 64.5 cm³/mol. The van der Waals surface area contributed by atoms with Gasteiger partial charge in [-0.25, -0.2) is 0 Å². The second kappa shape index (κ2) is 5.15. The molecule has 0 bridgehead atoms. The Hall–Kier alpha value is -0.610. The first kappa shape index (κ1) is 13.5. The first-order chi connectivity index (χ1) is 7.39. The van der Waals surface area contributed by atoms with E-state index in [0.29, 0.717) is 0 Å². The van der Waals surface area contributed by atoms with E-state index in [9.17, 15) is 4.79 Å². The van der Waals surface area contributed by atoms with Crippen LogP contribution in [0.3, 0.4) is 0 Å². The second-order valence-electron chi connectivity index (χ2n) is 5.27. The second-order valence-corrected chi connectivity index (χ2v) is 5.27. The monoisotopic (exact) mass is 228 g/mol. The van der Waals surface area contributed by atoms with Crippen LogP contribution in [0, 0.1) is 5.92 Å². The highest BCUT2D eigenvalue weighted by Crippen LogP contribution is 2.35. The Kier molecular flexibility index (Phi) is 4.33. The molecule has 0 aromatic carbocycles.